The van der Waals surface area contributed by atoms with Crippen LogP contribution in [0.4, 0.5) is 0 Å². The Balaban J connectivity index is 1.58. The molecule has 1 aromatic heterocycles. The molecule has 1 aliphatic carbocycles. The summed E-state index contributed by atoms with van der Waals surface area (Å²) in [6.45, 7) is 2.62. The van der Waals surface area contributed by atoms with E-state index in [-0.39, 0.29) is 5.91 Å². The normalized spacial score (nSPS) is 25.6. The Bertz CT molecular complexity index is 559. The summed E-state index contributed by atoms with van der Waals surface area (Å²) >= 11 is 0. The highest BCUT2D eigenvalue weighted by atomic mass is 16.3. The number of amides is 1. The minimum Gasteiger partial charge on any atom is -0.379 e. The van der Waals surface area contributed by atoms with E-state index >= 15 is 0 Å². The third-order valence-electron chi connectivity index (χ3n) is 5.60. The molecular weight excluding hydrogens is 314 g/mol. The van der Waals surface area contributed by atoms with Crippen LogP contribution >= 0.6 is 0 Å². The fraction of sp³-hybridized carbons (Fsp3) is 0.700. The third kappa shape index (κ3) is 4.79. The SMILES string of the molecule is CN(Cc1ccccn1)C[C@@]1(O)CCCN(CC2CCCCC2)C1=O. The second-order valence-electron chi connectivity index (χ2n) is 7.88. The number of nitrogens with zero attached hydrogens (tertiary/aromatic N) is 3. The van der Waals surface area contributed by atoms with Crippen LogP contribution in [0.2, 0.25) is 0 Å². The molecule has 1 N–H and O–H groups in total. The number of likely N-dealkylation sites (N-methyl/N-ethyl adjacent to an activating group) is 1. The number of likely N-dealkylation sites (tertiary alicyclic amines) is 1. The Morgan fingerprint density at radius 3 is 2.80 bits per heavy atom. The molecule has 1 saturated heterocycles. The van der Waals surface area contributed by atoms with E-state index < -0.39 is 5.60 Å². The lowest BCUT2D eigenvalue weighted by Gasteiger charge is -2.41. The van der Waals surface area contributed by atoms with Gasteiger partial charge < -0.3 is 10.0 Å². The molecule has 0 aromatic carbocycles. The Hall–Kier alpha value is -1.46. The Morgan fingerprint density at radius 2 is 2.08 bits per heavy atom. The van der Waals surface area contributed by atoms with Gasteiger partial charge in [-0.1, -0.05) is 25.3 Å². The van der Waals surface area contributed by atoms with E-state index in [1.54, 1.807) is 6.20 Å². The molecule has 2 fully saturated rings. The highest BCUT2D eigenvalue weighted by molar-refractivity contribution is 5.86. The Morgan fingerprint density at radius 1 is 1.28 bits per heavy atom. The van der Waals surface area contributed by atoms with Crippen molar-refractivity contribution >= 4 is 5.91 Å². The number of hydrogen-bond donors (Lipinski definition) is 1. The van der Waals surface area contributed by atoms with Crippen LogP contribution in [0.3, 0.4) is 0 Å². The van der Waals surface area contributed by atoms with Crippen LogP contribution in [-0.4, -0.2) is 58.1 Å². The molecule has 0 unspecified atom stereocenters. The van der Waals surface area contributed by atoms with E-state index in [2.05, 4.69) is 4.98 Å². The van der Waals surface area contributed by atoms with Gasteiger partial charge in [-0.15, -0.1) is 0 Å². The molecule has 138 valence electrons. The molecule has 0 bridgehead atoms. The maximum atomic E-state index is 12.9. The maximum absolute atomic E-state index is 12.9. The Labute approximate surface area is 151 Å². The summed E-state index contributed by atoms with van der Waals surface area (Å²) < 4.78 is 0. The summed E-state index contributed by atoms with van der Waals surface area (Å²) in [4.78, 5) is 21.2. The molecule has 1 aliphatic heterocycles. The standard InChI is InChI=1S/C20H31N3O2/c1-22(15-18-10-5-6-12-21-18)16-20(25)11-7-13-23(19(20)24)14-17-8-3-2-4-9-17/h5-6,10,12,17,25H,2-4,7-9,11,13-16H2,1H3/t20-/m0/s1. The van der Waals surface area contributed by atoms with Crippen molar-refractivity contribution in [2.45, 2.75) is 57.1 Å². The van der Waals surface area contributed by atoms with Gasteiger partial charge in [0.2, 0.25) is 0 Å². The molecule has 1 saturated carbocycles. The van der Waals surface area contributed by atoms with E-state index in [0.717, 1.165) is 25.2 Å². The molecule has 2 heterocycles. The van der Waals surface area contributed by atoms with Gasteiger partial charge in [-0.25, -0.2) is 0 Å². The number of rotatable bonds is 6. The minimum atomic E-state index is -1.25. The first kappa shape index (κ1) is 18.3. The number of pyridine rings is 1. The highest BCUT2D eigenvalue weighted by Gasteiger charge is 2.43. The predicted octanol–water partition coefficient (Wildman–Crippen LogP) is 2.45. The molecule has 0 spiro atoms. The van der Waals surface area contributed by atoms with Gasteiger partial charge in [-0.2, -0.15) is 0 Å². The molecule has 3 rings (SSSR count). The van der Waals surface area contributed by atoms with Gasteiger partial charge in [0, 0.05) is 32.4 Å². The molecule has 1 amide bonds. The van der Waals surface area contributed by atoms with Crippen LogP contribution in [0.1, 0.15) is 50.6 Å². The average molecular weight is 345 g/mol. The van der Waals surface area contributed by atoms with Crippen LogP contribution in [-0.2, 0) is 11.3 Å². The fourth-order valence-electron chi connectivity index (χ4n) is 4.34. The van der Waals surface area contributed by atoms with Crippen molar-refractivity contribution in [3.8, 4) is 0 Å². The summed E-state index contributed by atoms with van der Waals surface area (Å²) in [6.07, 6.45) is 9.55. The number of piperidine rings is 1. The molecule has 5 nitrogen and oxygen atoms in total. The van der Waals surface area contributed by atoms with E-state index in [1.165, 1.54) is 32.1 Å². The van der Waals surface area contributed by atoms with Gasteiger partial charge in [0.25, 0.3) is 5.91 Å². The smallest absolute Gasteiger partial charge is 0.255 e. The maximum Gasteiger partial charge on any atom is 0.255 e. The molecule has 1 atom stereocenters. The second-order valence-corrected chi connectivity index (χ2v) is 7.88. The lowest BCUT2D eigenvalue weighted by atomic mass is 9.86. The van der Waals surface area contributed by atoms with E-state index in [0.29, 0.717) is 25.4 Å². The van der Waals surface area contributed by atoms with Crippen molar-refractivity contribution < 1.29 is 9.90 Å². The van der Waals surface area contributed by atoms with Crippen LogP contribution in [0.5, 0.6) is 0 Å². The van der Waals surface area contributed by atoms with Crippen molar-refractivity contribution in [1.29, 1.82) is 0 Å². The molecule has 1 aromatic rings. The van der Waals surface area contributed by atoms with Gasteiger partial charge in [0.1, 0.15) is 0 Å². The zero-order valence-corrected chi connectivity index (χ0v) is 15.4. The first-order valence-corrected chi connectivity index (χ1v) is 9.67. The van der Waals surface area contributed by atoms with Crippen LogP contribution in [0.25, 0.3) is 0 Å². The summed E-state index contributed by atoms with van der Waals surface area (Å²) in [7, 11) is 1.94. The first-order chi connectivity index (χ1) is 12.1. The largest absolute Gasteiger partial charge is 0.379 e. The van der Waals surface area contributed by atoms with Crippen molar-refractivity contribution in [1.82, 2.24) is 14.8 Å². The summed E-state index contributed by atoms with van der Waals surface area (Å²) in [6, 6.07) is 5.83. The lowest BCUT2D eigenvalue weighted by molar-refractivity contribution is -0.160. The van der Waals surface area contributed by atoms with Crippen molar-refractivity contribution in [2.75, 3.05) is 26.7 Å². The Kier molecular flexibility index (Phi) is 6.07. The van der Waals surface area contributed by atoms with Crippen molar-refractivity contribution in [3.63, 3.8) is 0 Å². The van der Waals surface area contributed by atoms with E-state index in [4.69, 9.17) is 0 Å². The minimum absolute atomic E-state index is 0.0720. The highest BCUT2D eigenvalue weighted by Crippen LogP contribution is 2.29. The molecule has 5 heteroatoms. The van der Waals surface area contributed by atoms with Crippen LogP contribution < -0.4 is 0 Å². The molecule has 0 radical (unpaired) electrons. The number of carbonyl (C=O) groups is 1. The summed E-state index contributed by atoms with van der Waals surface area (Å²) in [5, 5.41) is 11.0. The van der Waals surface area contributed by atoms with Crippen molar-refractivity contribution in [2.24, 2.45) is 5.92 Å². The first-order valence-electron chi connectivity index (χ1n) is 9.67. The van der Waals surface area contributed by atoms with Gasteiger partial charge in [0.05, 0.1) is 5.69 Å². The van der Waals surface area contributed by atoms with E-state index in [9.17, 15) is 9.90 Å². The predicted molar refractivity (Wildman–Crippen MR) is 97.9 cm³/mol. The van der Waals surface area contributed by atoms with Gasteiger partial charge >= 0.3 is 0 Å². The quantitative estimate of drug-likeness (QED) is 0.860. The number of carbonyl (C=O) groups excluding carboxylic acids is 1. The van der Waals surface area contributed by atoms with Crippen molar-refractivity contribution in [3.05, 3.63) is 30.1 Å². The van der Waals surface area contributed by atoms with E-state index in [1.807, 2.05) is 35.0 Å². The van der Waals surface area contributed by atoms with Gasteiger partial charge in [0.15, 0.2) is 5.60 Å². The number of hydrogen-bond acceptors (Lipinski definition) is 4. The summed E-state index contributed by atoms with van der Waals surface area (Å²) in [5.74, 6) is 0.545. The van der Waals surface area contributed by atoms with Crippen LogP contribution in [0, 0.1) is 5.92 Å². The number of aliphatic hydroxyl groups is 1. The van der Waals surface area contributed by atoms with Gasteiger partial charge in [-0.05, 0) is 50.8 Å². The zero-order chi connectivity index (χ0) is 17.7. The fourth-order valence-corrected chi connectivity index (χ4v) is 4.34. The topological polar surface area (TPSA) is 56.7 Å². The molecular formula is C20H31N3O2. The second kappa shape index (κ2) is 8.28. The average Bonchev–Trinajstić information content (AvgIpc) is 2.61. The molecule has 2 aliphatic rings. The zero-order valence-electron chi connectivity index (χ0n) is 15.4. The van der Waals surface area contributed by atoms with Crippen LogP contribution in [0.15, 0.2) is 24.4 Å². The molecule has 25 heavy (non-hydrogen) atoms. The third-order valence-corrected chi connectivity index (χ3v) is 5.60. The monoisotopic (exact) mass is 345 g/mol. The lowest BCUT2D eigenvalue weighted by Crippen LogP contribution is -2.58. The van der Waals surface area contributed by atoms with Gasteiger partial charge in [-0.3, -0.25) is 14.7 Å². The summed E-state index contributed by atoms with van der Waals surface area (Å²) in [5.41, 5.74) is -0.299. The number of aromatic nitrogens is 1.